The van der Waals surface area contributed by atoms with E-state index in [1.54, 1.807) is 37.3 Å². The minimum absolute atomic E-state index is 0.0850. The third-order valence-electron chi connectivity index (χ3n) is 6.26. The summed E-state index contributed by atoms with van der Waals surface area (Å²) in [6.07, 6.45) is 1.60. The quantitative estimate of drug-likeness (QED) is 0.261. The van der Waals surface area contributed by atoms with Crippen LogP contribution in [0.15, 0.2) is 88.2 Å². The van der Waals surface area contributed by atoms with E-state index >= 15 is 0 Å². The number of ether oxygens (including phenoxy) is 3. The van der Waals surface area contributed by atoms with Gasteiger partial charge in [0.2, 0.25) is 0 Å². The summed E-state index contributed by atoms with van der Waals surface area (Å²) in [6, 6.07) is 19.6. The van der Waals surface area contributed by atoms with Gasteiger partial charge in [-0.05, 0) is 48.4 Å². The standard InChI is InChI=1S/C30H23ClF2N2O5S/c1-3-39-28(37)24-25(18-7-5-4-6-8-18)34-30-35(26(24)19-10-12-20(31)13-11-19)27(36)23(41-30)16-17-9-14-21(40-29(32)33)22(15-17)38-2/h4-16,26,29H,3H2,1-2H3/b23-16+/t26-/m1/s1. The van der Waals surface area contributed by atoms with E-state index in [0.717, 1.165) is 11.3 Å². The number of fused-ring (bicyclic) bond motifs is 1. The Kier molecular flexibility index (Phi) is 8.32. The fraction of sp³-hybridized carbons (Fsp3) is 0.167. The summed E-state index contributed by atoms with van der Waals surface area (Å²) >= 11 is 7.29. The van der Waals surface area contributed by atoms with Gasteiger partial charge in [-0.1, -0.05) is 71.5 Å². The highest BCUT2D eigenvalue weighted by atomic mass is 35.5. The molecule has 0 spiro atoms. The fourth-order valence-corrected chi connectivity index (χ4v) is 5.65. The number of carbonyl (C=O) groups excluding carboxylic acids is 1. The number of methoxy groups -OCH3 is 1. The van der Waals surface area contributed by atoms with Crippen molar-refractivity contribution in [2.45, 2.75) is 19.6 Å². The zero-order valence-corrected chi connectivity index (χ0v) is 23.4. The minimum atomic E-state index is -3.02. The molecule has 1 aliphatic heterocycles. The minimum Gasteiger partial charge on any atom is -0.493 e. The van der Waals surface area contributed by atoms with Gasteiger partial charge in [0, 0.05) is 10.6 Å². The molecule has 0 unspecified atom stereocenters. The Bertz CT molecular complexity index is 1800. The van der Waals surface area contributed by atoms with Crippen LogP contribution in [0.25, 0.3) is 11.8 Å². The fourth-order valence-electron chi connectivity index (χ4n) is 4.52. The number of esters is 1. The maximum Gasteiger partial charge on any atom is 0.387 e. The number of halogens is 3. The normalized spacial score (nSPS) is 15.0. The van der Waals surface area contributed by atoms with Crippen LogP contribution in [0.3, 0.4) is 0 Å². The maximum atomic E-state index is 13.9. The topological polar surface area (TPSA) is 79.1 Å². The lowest BCUT2D eigenvalue weighted by Gasteiger charge is -2.25. The molecule has 0 radical (unpaired) electrons. The van der Waals surface area contributed by atoms with E-state index in [1.807, 2.05) is 30.3 Å². The largest absolute Gasteiger partial charge is 0.493 e. The maximum absolute atomic E-state index is 13.9. The van der Waals surface area contributed by atoms with E-state index in [-0.39, 0.29) is 23.7 Å². The highest BCUT2D eigenvalue weighted by molar-refractivity contribution is 7.07. The number of carbonyl (C=O) groups is 1. The summed E-state index contributed by atoms with van der Waals surface area (Å²) in [5, 5.41) is 0.499. The number of hydrogen-bond acceptors (Lipinski definition) is 7. The van der Waals surface area contributed by atoms with Crippen LogP contribution >= 0.6 is 22.9 Å². The van der Waals surface area contributed by atoms with Gasteiger partial charge >= 0.3 is 12.6 Å². The summed E-state index contributed by atoms with van der Waals surface area (Å²) in [7, 11) is 1.33. The first-order valence-electron chi connectivity index (χ1n) is 12.5. The zero-order valence-electron chi connectivity index (χ0n) is 21.8. The van der Waals surface area contributed by atoms with E-state index < -0.39 is 24.2 Å². The molecule has 0 saturated carbocycles. The number of rotatable bonds is 8. The highest BCUT2D eigenvalue weighted by Crippen LogP contribution is 2.35. The Labute approximate surface area is 242 Å². The number of alkyl halides is 2. The first kappa shape index (κ1) is 28.3. The molecule has 41 heavy (non-hydrogen) atoms. The lowest BCUT2D eigenvalue weighted by molar-refractivity contribution is -0.138. The lowest BCUT2D eigenvalue weighted by atomic mass is 9.93. The molecular formula is C30H23ClF2N2O5S. The molecule has 5 rings (SSSR count). The SMILES string of the molecule is CCOC(=O)C1=C(c2ccccc2)N=c2s/c(=C/c3ccc(OC(F)F)c(OC)c3)c(=O)n2[C@@H]1c1ccc(Cl)cc1. The molecule has 3 aromatic carbocycles. The number of aromatic nitrogens is 1. The van der Waals surface area contributed by atoms with Gasteiger partial charge in [0.05, 0.1) is 35.6 Å². The van der Waals surface area contributed by atoms with Crippen molar-refractivity contribution < 1.29 is 27.8 Å². The summed E-state index contributed by atoms with van der Waals surface area (Å²) < 4.78 is 42.5. The second-order valence-electron chi connectivity index (χ2n) is 8.77. The second kappa shape index (κ2) is 12.1. The predicted molar refractivity (Wildman–Crippen MR) is 152 cm³/mol. The summed E-state index contributed by atoms with van der Waals surface area (Å²) in [5.41, 5.74) is 2.07. The average Bonchev–Trinajstić information content (AvgIpc) is 3.28. The number of benzene rings is 3. The Hall–Kier alpha value is -4.28. The molecule has 1 aromatic heterocycles. The van der Waals surface area contributed by atoms with Crippen LogP contribution in [0.1, 0.15) is 29.7 Å². The van der Waals surface area contributed by atoms with Gasteiger partial charge in [0.1, 0.15) is 0 Å². The van der Waals surface area contributed by atoms with E-state index in [2.05, 4.69) is 4.74 Å². The summed E-state index contributed by atoms with van der Waals surface area (Å²) in [6.45, 7) is -1.17. The summed E-state index contributed by atoms with van der Waals surface area (Å²) in [5.74, 6) is -0.638. The van der Waals surface area contributed by atoms with Crippen molar-refractivity contribution in [3.05, 3.63) is 120 Å². The monoisotopic (exact) mass is 596 g/mol. The van der Waals surface area contributed by atoms with Crippen LogP contribution in [0.4, 0.5) is 8.78 Å². The highest BCUT2D eigenvalue weighted by Gasteiger charge is 2.35. The molecule has 210 valence electrons. The molecule has 2 heterocycles. The van der Waals surface area contributed by atoms with Gasteiger partial charge in [-0.2, -0.15) is 8.78 Å². The first-order valence-corrected chi connectivity index (χ1v) is 13.7. The van der Waals surface area contributed by atoms with Crippen molar-refractivity contribution in [1.29, 1.82) is 0 Å². The van der Waals surface area contributed by atoms with Crippen molar-refractivity contribution in [1.82, 2.24) is 4.57 Å². The van der Waals surface area contributed by atoms with E-state index in [9.17, 15) is 18.4 Å². The first-order chi connectivity index (χ1) is 19.8. The molecule has 0 bridgehead atoms. The van der Waals surface area contributed by atoms with Crippen molar-refractivity contribution in [2.75, 3.05) is 13.7 Å². The summed E-state index contributed by atoms with van der Waals surface area (Å²) in [4.78, 5) is 32.6. The lowest BCUT2D eigenvalue weighted by Crippen LogP contribution is -2.40. The van der Waals surface area contributed by atoms with Crippen molar-refractivity contribution in [3.8, 4) is 11.5 Å². The average molecular weight is 597 g/mol. The molecule has 1 atom stereocenters. The van der Waals surface area contributed by atoms with E-state index in [1.165, 1.54) is 29.9 Å². The molecule has 0 N–H and O–H groups in total. The molecule has 0 aliphatic carbocycles. The third-order valence-corrected chi connectivity index (χ3v) is 7.50. The van der Waals surface area contributed by atoms with E-state index in [4.69, 9.17) is 26.1 Å². The molecule has 0 fully saturated rings. The van der Waals surface area contributed by atoms with Crippen molar-refractivity contribution in [3.63, 3.8) is 0 Å². The molecular weight excluding hydrogens is 574 g/mol. The van der Waals surface area contributed by atoms with Gasteiger partial charge < -0.3 is 14.2 Å². The van der Waals surface area contributed by atoms with Crippen LogP contribution < -0.4 is 24.4 Å². The third kappa shape index (κ3) is 5.79. The molecule has 1 aliphatic rings. The smallest absolute Gasteiger partial charge is 0.387 e. The van der Waals surface area contributed by atoms with Gasteiger partial charge in [-0.25, -0.2) is 9.79 Å². The number of thiazole rings is 1. The molecule has 4 aromatic rings. The van der Waals surface area contributed by atoms with Gasteiger partial charge in [0.25, 0.3) is 5.56 Å². The Morgan fingerprint density at radius 1 is 1.10 bits per heavy atom. The van der Waals surface area contributed by atoms with Crippen molar-refractivity contribution in [2.24, 2.45) is 4.99 Å². The molecule has 7 nitrogen and oxygen atoms in total. The Balaban J connectivity index is 1.75. The van der Waals surface area contributed by atoms with E-state index in [0.29, 0.717) is 36.7 Å². The number of hydrogen-bond donors (Lipinski definition) is 0. The van der Waals surface area contributed by atoms with Crippen LogP contribution in [0.2, 0.25) is 5.02 Å². The number of nitrogens with zero attached hydrogens (tertiary/aromatic N) is 2. The van der Waals surface area contributed by atoms with Crippen LogP contribution in [-0.4, -0.2) is 30.9 Å². The predicted octanol–water partition coefficient (Wildman–Crippen LogP) is 5.20. The van der Waals surface area contributed by atoms with Crippen LogP contribution in [-0.2, 0) is 9.53 Å². The molecule has 11 heteroatoms. The molecule has 0 saturated heterocycles. The van der Waals surface area contributed by atoms with Crippen LogP contribution in [0, 0.1) is 0 Å². The van der Waals surface area contributed by atoms with Gasteiger partial charge in [-0.15, -0.1) is 0 Å². The molecule has 0 amide bonds. The zero-order chi connectivity index (χ0) is 29.1. The second-order valence-corrected chi connectivity index (χ2v) is 10.2. The Morgan fingerprint density at radius 2 is 1.83 bits per heavy atom. The Morgan fingerprint density at radius 3 is 2.49 bits per heavy atom. The van der Waals surface area contributed by atoms with Gasteiger partial charge in [-0.3, -0.25) is 9.36 Å². The van der Waals surface area contributed by atoms with Gasteiger partial charge in [0.15, 0.2) is 16.3 Å². The van der Waals surface area contributed by atoms with Crippen molar-refractivity contribution >= 4 is 40.7 Å². The van der Waals surface area contributed by atoms with Crippen LogP contribution in [0.5, 0.6) is 11.5 Å².